The average Bonchev–Trinajstić information content (AvgIpc) is 3.14. The normalized spacial score (nSPS) is 30.0. The zero-order valence-corrected chi connectivity index (χ0v) is 11.0. The summed E-state index contributed by atoms with van der Waals surface area (Å²) < 4.78 is 2.33. The van der Waals surface area contributed by atoms with Crippen molar-refractivity contribution in [1.82, 2.24) is 14.5 Å². The summed E-state index contributed by atoms with van der Waals surface area (Å²) in [6, 6.07) is 12.2. The predicted molar refractivity (Wildman–Crippen MR) is 74.6 cm³/mol. The fourth-order valence-corrected chi connectivity index (χ4v) is 3.96. The lowest BCUT2D eigenvalue weighted by atomic mass is 10.1. The van der Waals surface area contributed by atoms with Crippen LogP contribution in [0, 0.1) is 5.92 Å². The molecular formula is C16H19N3. The van der Waals surface area contributed by atoms with Crippen LogP contribution >= 0.6 is 0 Å². The fraction of sp³-hybridized carbons (Fsp3) is 0.438. The molecule has 0 radical (unpaired) electrons. The van der Waals surface area contributed by atoms with Gasteiger partial charge in [0.1, 0.15) is 0 Å². The summed E-state index contributed by atoms with van der Waals surface area (Å²) in [5, 5.41) is 0. The van der Waals surface area contributed by atoms with Gasteiger partial charge in [-0.05, 0) is 24.3 Å². The lowest BCUT2D eigenvalue weighted by Gasteiger charge is -2.27. The van der Waals surface area contributed by atoms with Crippen molar-refractivity contribution in [3.8, 4) is 0 Å². The lowest BCUT2D eigenvalue weighted by Crippen LogP contribution is -2.33. The van der Waals surface area contributed by atoms with Crippen LogP contribution in [-0.4, -0.2) is 27.0 Å². The Morgan fingerprint density at radius 1 is 1.16 bits per heavy atom. The molecule has 19 heavy (non-hydrogen) atoms. The second kappa shape index (κ2) is 4.49. The Balaban J connectivity index is 1.54. The van der Waals surface area contributed by atoms with E-state index in [-0.39, 0.29) is 0 Å². The Morgan fingerprint density at radius 3 is 2.84 bits per heavy atom. The zero-order valence-electron chi connectivity index (χ0n) is 11.0. The van der Waals surface area contributed by atoms with Crippen molar-refractivity contribution in [3.63, 3.8) is 0 Å². The topological polar surface area (TPSA) is 21.1 Å². The molecule has 1 saturated heterocycles. The van der Waals surface area contributed by atoms with Crippen LogP contribution in [0.2, 0.25) is 0 Å². The van der Waals surface area contributed by atoms with E-state index in [1.54, 1.807) is 0 Å². The van der Waals surface area contributed by atoms with Crippen molar-refractivity contribution in [1.29, 1.82) is 0 Å². The number of hydrogen-bond donors (Lipinski definition) is 0. The number of imidazole rings is 1. The third kappa shape index (κ3) is 1.89. The molecule has 3 atom stereocenters. The Bertz CT molecular complexity index is 534. The number of fused-ring (bicyclic) bond motifs is 2. The summed E-state index contributed by atoms with van der Waals surface area (Å²) in [5.74, 6) is 0.808. The number of hydrogen-bond acceptors (Lipinski definition) is 2. The highest BCUT2D eigenvalue weighted by molar-refractivity contribution is 5.16. The van der Waals surface area contributed by atoms with Gasteiger partial charge in [-0.2, -0.15) is 0 Å². The fourth-order valence-electron chi connectivity index (χ4n) is 3.96. The van der Waals surface area contributed by atoms with E-state index in [1.165, 1.54) is 24.9 Å². The summed E-state index contributed by atoms with van der Waals surface area (Å²) >= 11 is 0. The number of likely N-dealkylation sites (tertiary alicyclic amines) is 1. The van der Waals surface area contributed by atoms with Gasteiger partial charge in [-0.3, -0.25) is 4.90 Å². The number of aromatic nitrogens is 2. The molecule has 0 spiro atoms. The smallest absolute Gasteiger partial charge is 0.0949 e. The van der Waals surface area contributed by atoms with Crippen LogP contribution in [0.1, 0.15) is 24.4 Å². The molecule has 98 valence electrons. The molecule has 0 N–H and O–H groups in total. The molecule has 2 aromatic rings. The van der Waals surface area contributed by atoms with Crippen LogP contribution in [0.3, 0.4) is 0 Å². The van der Waals surface area contributed by atoms with Gasteiger partial charge >= 0.3 is 0 Å². The van der Waals surface area contributed by atoms with Crippen molar-refractivity contribution in [2.45, 2.75) is 31.5 Å². The van der Waals surface area contributed by atoms with Crippen LogP contribution in [0.25, 0.3) is 0 Å². The van der Waals surface area contributed by atoms with Crippen LogP contribution in [0.4, 0.5) is 0 Å². The van der Waals surface area contributed by atoms with E-state index in [0.717, 1.165) is 12.5 Å². The van der Waals surface area contributed by atoms with Gasteiger partial charge in [-0.1, -0.05) is 30.3 Å². The Morgan fingerprint density at radius 2 is 2.05 bits per heavy atom. The van der Waals surface area contributed by atoms with Crippen molar-refractivity contribution in [2.75, 3.05) is 6.54 Å². The van der Waals surface area contributed by atoms with E-state index < -0.39 is 0 Å². The predicted octanol–water partition coefficient (Wildman–Crippen LogP) is 2.72. The van der Waals surface area contributed by atoms with Crippen molar-refractivity contribution in [3.05, 3.63) is 54.6 Å². The first kappa shape index (κ1) is 11.2. The molecule has 3 nitrogen and oxygen atoms in total. The second-order valence-electron chi connectivity index (χ2n) is 5.82. The SMILES string of the molecule is c1ccc(CN2C[C@H]3CC[C@@H]2[C@H]3n2ccnc2)cc1. The molecule has 2 bridgehead atoms. The first-order valence-electron chi connectivity index (χ1n) is 7.17. The van der Waals surface area contributed by atoms with Crippen LogP contribution in [0.15, 0.2) is 49.1 Å². The highest BCUT2D eigenvalue weighted by Crippen LogP contribution is 2.46. The number of rotatable bonds is 3. The Labute approximate surface area is 113 Å². The lowest BCUT2D eigenvalue weighted by molar-refractivity contribution is 0.198. The summed E-state index contributed by atoms with van der Waals surface area (Å²) in [5.41, 5.74) is 1.43. The number of piperidine rings is 1. The van der Waals surface area contributed by atoms with E-state index in [2.05, 4.69) is 51.0 Å². The average molecular weight is 253 g/mol. The highest BCUT2D eigenvalue weighted by Gasteiger charge is 2.47. The molecule has 2 fully saturated rings. The van der Waals surface area contributed by atoms with Crippen molar-refractivity contribution >= 4 is 0 Å². The molecule has 1 aromatic heterocycles. The number of benzene rings is 1. The van der Waals surface area contributed by atoms with Gasteiger partial charge < -0.3 is 4.57 Å². The monoisotopic (exact) mass is 253 g/mol. The summed E-state index contributed by atoms with van der Waals surface area (Å²) in [6.45, 7) is 2.33. The van der Waals surface area contributed by atoms with Crippen molar-refractivity contribution in [2.24, 2.45) is 5.92 Å². The maximum Gasteiger partial charge on any atom is 0.0949 e. The molecule has 0 unspecified atom stereocenters. The summed E-state index contributed by atoms with van der Waals surface area (Å²) in [4.78, 5) is 6.88. The van der Waals surface area contributed by atoms with E-state index in [9.17, 15) is 0 Å². The largest absolute Gasteiger partial charge is 0.333 e. The third-order valence-corrected chi connectivity index (χ3v) is 4.75. The summed E-state index contributed by atoms with van der Waals surface area (Å²) in [7, 11) is 0. The molecule has 1 aliphatic carbocycles. The molecule has 1 saturated carbocycles. The van der Waals surface area contributed by atoms with Crippen LogP contribution < -0.4 is 0 Å². The Kier molecular flexibility index (Phi) is 2.66. The van der Waals surface area contributed by atoms with E-state index in [1.807, 2.05) is 12.5 Å². The zero-order chi connectivity index (χ0) is 12.7. The summed E-state index contributed by atoms with van der Waals surface area (Å²) in [6.07, 6.45) is 8.72. The molecule has 2 aliphatic rings. The standard InChI is InChI=1S/C16H19N3/c1-2-4-13(5-3-1)10-19-11-14-6-7-15(19)16(14)18-9-8-17-12-18/h1-5,8-9,12,14-16H,6-7,10-11H2/t14-,15-,16+/m1/s1. The van der Waals surface area contributed by atoms with Crippen LogP contribution in [0.5, 0.6) is 0 Å². The molecule has 1 aromatic carbocycles. The van der Waals surface area contributed by atoms with E-state index in [4.69, 9.17) is 0 Å². The molecule has 2 heterocycles. The van der Waals surface area contributed by atoms with Gasteiger partial charge in [-0.15, -0.1) is 0 Å². The maximum atomic E-state index is 4.22. The first-order valence-corrected chi connectivity index (χ1v) is 7.17. The third-order valence-electron chi connectivity index (χ3n) is 4.75. The van der Waals surface area contributed by atoms with Gasteiger partial charge in [0.15, 0.2) is 0 Å². The van der Waals surface area contributed by atoms with Gasteiger partial charge in [0.2, 0.25) is 0 Å². The Hall–Kier alpha value is -1.61. The molecule has 3 heteroatoms. The molecule has 1 aliphatic heterocycles. The van der Waals surface area contributed by atoms with Gasteiger partial charge in [-0.25, -0.2) is 4.98 Å². The highest BCUT2D eigenvalue weighted by atomic mass is 15.3. The van der Waals surface area contributed by atoms with Crippen molar-refractivity contribution < 1.29 is 0 Å². The second-order valence-corrected chi connectivity index (χ2v) is 5.82. The van der Waals surface area contributed by atoms with Gasteiger partial charge in [0.25, 0.3) is 0 Å². The quantitative estimate of drug-likeness (QED) is 0.838. The molecule has 0 amide bonds. The minimum absolute atomic E-state index is 0.645. The van der Waals surface area contributed by atoms with E-state index >= 15 is 0 Å². The van der Waals surface area contributed by atoms with Crippen LogP contribution in [-0.2, 0) is 6.54 Å². The number of nitrogens with zero attached hydrogens (tertiary/aromatic N) is 3. The minimum Gasteiger partial charge on any atom is -0.333 e. The minimum atomic E-state index is 0.645. The first-order chi connectivity index (χ1) is 9.42. The molecule has 4 rings (SSSR count). The van der Waals surface area contributed by atoms with Gasteiger partial charge in [0, 0.05) is 31.5 Å². The maximum absolute atomic E-state index is 4.22. The molecular weight excluding hydrogens is 234 g/mol. The van der Waals surface area contributed by atoms with E-state index in [0.29, 0.717) is 12.1 Å². The van der Waals surface area contributed by atoms with Gasteiger partial charge in [0.05, 0.1) is 12.4 Å².